The molecule has 1 saturated heterocycles. The Morgan fingerprint density at radius 2 is 1.89 bits per heavy atom. The fourth-order valence-corrected chi connectivity index (χ4v) is 3.72. The van der Waals surface area contributed by atoms with Gasteiger partial charge in [-0.1, -0.05) is 18.2 Å². The van der Waals surface area contributed by atoms with Crippen LogP contribution in [0.3, 0.4) is 0 Å². The number of fused-ring (bicyclic) bond motifs is 3. The first-order chi connectivity index (χ1) is 13.7. The second-order valence-corrected chi connectivity index (χ2v) is 6.95. The van der Waals surface area contributed by atoms with E-state index in [0.717, 1.165) is 10.9 Å². The quantitative estimate of drug-likeness (QED) is 0.569. The molecule has 8 heteroatoms. The lowest BCUT2D eigenvalue weighted by Gasteiger charge is -2.33. The summed E-state index contributed by atoms with van der Waals surface area (Å²) in [6.45, 7) is 3.18. The van der Waals surface area contributed by atoms with E-state index in [1.807, 2.05) is 24.3 Å². The summed E-state index contributed by atoms with van der Waals surface area (Å²) in [5.41, 5.74) is 1.93. The number of rotatable bonds is 3. The Kier molecular flexibility index (Phi) is 3.98. The minimum atomic E-state index is -0.164. The van der Waals surface area contributed by atoms with E-state index >= 15 is 0 Å². The predicted molar refractivity (Wildman–Crippen MR) is 104 cm³/mol. The van der Waals surface area contributed by atoms with Gasteiger partial charge in [0.1, 0.15) is 16.9 Å². The van der Waals surface area contributed by atoms with Crippen molar-refractivity contribution < 1.29 is 9.21 Å². The van der Waals surface area contributed by atoms with Gasteiger partial charge in [0.05, 0.1) is 12.8 Å². The number of para-hydroxylation sites is 1. The summed E-state index contributed by atoms with van der Waals surface area (Å²) in [6, 6.07) is 11.2. The van der Waals surface area contributed by atoms with E-state index in [-0.39, 0.29) is 11.5 Å². The van der Waals surface area contributed by atoms with Gasteiger partial charge in [-0.05, 0) is 18.2 Å². The minimum Gasteiger partial charge on any atom is -0.459 e. The van der Waals surface area contributed by atoms with Crippen LogP contribution in [0.5, 0.6) is 0 Å². The summed E-state index contributed by atoms with van der Waals surface area (Å²) >= 11 is 0. The summed E-state index contributed by atoms with van der Waals surface area (Å²) < 4.78 is 5.20. The van der Waals surface area contributed by atoms with Crippen LogP contribution in [-0.2, 0) is 6.54 Å². The molecule has 4 aromatic rings. The maximum Gasteiger partial charge on any atom is 0.289 e. The maximum atomic E-state index is 12.5. The topological polar surface area (TPSA) is 98.2 Å². The van der Waals surface area contributed by atoms with E-state index in [4.69, 9.17) is 4.42 Å². The highest BCUT2D eigenvalue weighted by atomic mass is 16.3. The first-order valence-corrected chi connectivity index (χ1v) is 9.24. The highest BCUT2D eigenvalue weighted by molar-refractivity contribution is 6.04. The van der Waals surface area contributed by atoms with Crippen molar-refractivity contribution in [2.24, 2.45) is 0 Å². The number of nitrogens with zero attached hydrogens (tertiary/aromatic N) is 3. The highest BCUT2D eigenvalue weighted by Crippen LogP contribution is 2.21. The SMILES string of the molecule is O=C(c1ccco1)N1CCN(Cc2nc3c([nH]c4ccccc43)c(=O)[nH]2)CC1. The van der Waals surface area contributed by atoms with Gasteiger partial charge in [0, 0.05) is 37.1 Å². The zero-order chi connectivity index (χ0) is 19.1. The molecule has 2 N–H and O–H groups in total. The van der Waals surface area contributed by atoms with Crippen LogP contribution in [0.2, 0.25) is 0 Å². The molecule has 1 aliphatic rings. The zero-order valence-electron chi connectivity index (χ0n) is 15.1. The molecule has 3 aromatic heterocycles. The maximum absolute atomic E-state index is 12.5. The number of aromatic nitrogens is 3. The lowest BCUT2D eigenvalue weighted by Crippen LogP contribution is -2.48. The molecule has 1 aromatic carbocycles. The Balaban J connectivity index is 1.33. The lowest BCUT2D eigenvalue weighted by atomic mass is 10.2. The number of hydrogen-bond acceptors (Lipinski definition) is 5. The van der Waals surface area contributed by atoms with Gasteiger partial charge in [0.25, 0.3) is 11.5 Å². The standard InChI is InChI=1S/C20H19N5O3/c26-19-18-17(13-4-1-2-5-14(13)21-18)22-16(23-19)12-24-7-9-25(10-8-24)20(27)15-6-3-11-28-15/h1-6,11,21H,7-10,12H2,(H,22,23,26). The molecule has 1 fully saturated rings. The van der Waals surface area contributed by atoms with Crippen molar-refractivity contribution in [1.29, 1.82) is 0 Å². The van der Waals surface area contributed by atoms with Crippen molar-refractivity contribution in [2.45, 2.75) is 6.54 Å². The number of nitrogens with one attached hydrogen (secondary N) is 2. The molecule has 0 radical (unpaired) electrons. The number of benzene rings is 1. The molecule has 142 valence electrons. The second kappa shape index (κ2) is 6.65. The van der Waals surface area contributed by atoms with Crippen molar-refractivity contribution in [3.05, 3.63) is 64.6 Å². The van der Waals surface area contributed by atoms with Crippen LogP contribution in [0.25, 0.3) is 21.9 Å². The first kappa shape index (κ1) is 16.8. The van der Waals surface area contributed by atoms with Crippen LogP contribution in [0.15, 0.2) is 51.9 Å². The number of H-pyrrole nitrogens is 2. The van der Waals surface area contributed by atoms with E-state index in [2.05, 4.69) is 19.9 Å². The van der Waals surface area contributed by atoms with Crippen LogP contribution in [0, 0.1) is 0 Å². The van der Waals surface area contributed by atoms with Gasteiger partial charge in [-0.3, -0.25) is 14.5 Å². The van der Waals surface area contributed by atoms with Crippen molar-refractivity contribution >= 4 is 27.8 Å². The Bertz CT molecular complexity index is 1200. The normalized spacial score (nSPS) is 15.5. The number of furan rings is 1. The fourth-order valence-electron chi connectivity index (χ4n) is 3.72. The Morgan fingerprint density at radius 1 is 1.07 bits per heavy atom. The molecule has 0 unspecified atom stereocenters. The van der Waals surface area contributed by atoms with Crippen LogP contribution in [0.1, 0.15) is 16.4 Å². The van der Waals surface area contributed by atoms with E-state index < -0.39 is 0 Å². The van der Waals surface area contributed by atoms with Gasteiger partial charge in [0.15, 0.2) is 5.76 Å². The molecule has 4 heterocycles. The molecule has 1 amide bonds. The molecule has 5 rings (SSSR count). The molecule has 0 bridgehead atoms. The average molecular weight is 377 g/mol. The third kappa shape index (κ3) is 2.87. The van der Waals surface area contributed by atoms with E-state index in [9.17, 15) is 9.59 Å². The van der Waals surface area contributed by atoms with E-state index in [1.54, 1.807) is 17.0 Å². The number of carbonyl (C=O) groups is 1. The Labute approximate surface area is 159 Å². The van der Waals surface area contributed by atoms with Crippen molar-refractivity contribution in [2.75, 3.05) is 26.2 Å². The molecule has 28 heavy (non-hydrogen) atoms. The number of hydrogen-bond donors (Lipinski definition) is 2. The minimum absolute atomic E-state index is 0.0867. The number of aromatic amines is 2. The number of piperazine rings is 1. The molecule has 0 aliphatic carbocycles. The molecule has 0 atom stereocenters. The van der Waals surface area contributed by atoms with Gasteiger partial charge >= 0.3 is 0 Å². The van der Waals surface area contributed by atoms with E-state index in [0.29, 0.717) is 55.3 Å². The third-order valence-corrected chi connectivity index (χ3v) is 5.18. The fraction of sp³-hybridized carbons (Fsp3) is 0.250. The van der Waals surface area contributed by atoms with Gasteiger partial charge in [-0.2, -0.15) is 0 Å². The van der Waals surface area contributed by atoms with Gasteiger partial charge in [0.2, 0.25) is 0 Å². The van der Waals surface area contributed by atoms with Crippen LogP contribution < -0.4 is 5.56 Å². The smallest absolute Gasteiger partial charge is 0.289 e. The summed E-state index contributed by atoms with van der Waals surface area (Å²) in [7, 11) is 0. The molecular formula is C20H19N5O3. The first-order valence-electron chi connectivity index (χ1n) is 9.24. The second-order valence-electron chi connectivity index (χ2n) is 6.95. The summed E-state index contributed by atoms with van der Waals surface area (Å²) in [5.74, 6) is 0.911. The van der Waals surface area contributed by atoms with Crippen LogP contribution in [-0.4, -0.2) is 56.8 Å². The summed E-state index contributed by atoms with van der Waals surface area (Å²) in [5, 5.41) is 0.943. The molecule has 8 nitrogen and oxygen atoms in total. The lowest BCUT2D eigenvalue weighted by molar-refractivity contribution is 0.0595. The van der Waals surface area contributed by atoms with Crippen LogP contribution >= 0.6 is 0 Å². The van der Waals surface area contributed by atoms with Crippen molar-refractivity contribution in [3.8, 4) is 0 Å². The van der Waals surface area contributed by atoms with E-state index in [1.165, 1.54) is 6.26 Å². The largest absolute Gasteiger partial charge is 0.459 e. The Morgan fingerprint density at radius 3 is 2.68 bits per heavy atom. The summed E-state index contributed by atoms with van der Waals surface area (Å²) in [4.78, 5) is 39.5. The highest BCUT2D eigenvalue weighted by Gasteiger charge is 2.24. The molecule has 0 saturated carbocycles. The monoisotopic (exact) mass is 377 g/mol. The van der Waals surface area contributed by atoms with Crippen LogP contribution in [0.4, 0.5) is 0 Å². The predicted octanol–water partition coefficient (Wildman–Crippen LogP) is 1.96. The summed E-state index contributed by atoms with van der Waals surface area (Å²) in [6.07, 6.45) is 1.51. The molecular weight excluding hydrogens is 358 g/mol. The third-order valence-electron chi connectivity index (χ3n) is 5.18. The molecule has 0 spiro atoms. The van der Waals surface area contributed by atoms with Crippen molar-refractivity contribution in [1.82, 2.24) is 24.8 Å². The van der Waals surface area contributed by atoms with Gasteiger partial charge in [-0.15, -0.1) is 0 Å². The molecule has 1 aliphatic heterocycles. The van der Waals surface area contributed by atoms with Crippen molar-refractivity contribution in [3.63, 3.8) is 0 Å². The van der Waals surface area contributed by atoms with Gasteiger partial charge in [-0.25, -0.2) is 4.98 Å². The Hall–Kier alpha value is -3.39. The van der Waals surface area contributed by atoms with Gasteiger partial charge < -0.3 is 19.3 Å². The average Bonchev–Trinajstić information content (AvgIpc) is 3.37. The zero-order valence-corrected chi connectivity index (χ0v) is 15.1. The number of amides is 1. The number of carbonyl (C=O) groups excluding carboxylic acids is 1.